The van der Waals surface area contributed by atoms with Crippen molar-refractivity contribution in [1.82, 2.24) is 0 Å². The molecule has 0 saturated carbocycles. The van der Waals surface area contributed by atoms with Crippen LogP contribution in [0.2, 0.25) is 0 Å². The molecule has 0 aromatic carbocycles. The summed E-state index contributed by atoms with van der Waals surface area (Å²) in [5.74, 6) is -0.364. The lowest BCUT2D eigenvalue weighted by Crippen LogP contribution is -2.37. The van der Waals surface area contributed by atoms with Crippen LogP contribution in [-0.2, 0) is 27.9 Å². The monoisotopic (exact) mass is 744 g/mol. The van der Waals surface area contributed by atoms with Gasteiger partial charge in [0.15, 0.2) is 6.10 Å². The lowest BCUT2D eigenvalue weighted by molar-refractivity contribution is -0.870. The highest BCUT2D eigenvalue weighted by Crippen LogP contribution is 2.38. The van der Waals surface area contributed by atoms with Crippen molar-refractivity contribution in [1.29, 1.82) is 0 Å². The summed E-state index contributed by atoms with van der Waals surface area (Å²) in [6, 6.07) is 0. The SMILES string of the molecule is CCCCCCCC/C=C/CCCCCCCC(=O)OC(CO/C=C\CCCCCCCCCCCCCC)COP(=O)([O-])OCC[N+](C)(C)C. The summed E-state index contributed by atoms with van der Waals surface area (Å²) in [6.45, 7) is 4.73. The van der Waals surface area contributed by atoms with Crippen molar-refractivity contribution in [3.8, 4) is 0 Å². The number of likely N-dealkylation sites (N-methyl/N-ethyl adjacent to an activating group) is 1. The molecule has 0 saturated heterocycles. The minimum Gasteiger partial charge on any atom is -0.756 e. The van der Waals surface area contributed by atoms with Gasteiger partial charge in [0.25, 0.3) is 7.82 Å². The number of quaternary nitrogens is 1. The molecule has 0 spiro atoms. The van der Waals surface area contributed by atoms with E-state index >= 15 is 0 Å². The standard InChI is InChI=1S/C42H82NO7P/c1-6-8-10-12-14-16-18-20-22-23-25-27-29-31-33-35-42(44)50-41(40-49-51(45,46)48-38-36-43(3,4)5)39-47-37-34-32-30-28-26-24-21-19-17-15-13-11-9-7-2/h20,22,34,37,41H,6-19,21,23-33,35-36,38-40H2,1-5H3/b22-20+,37-34-. The summed E-state index contributed by atoms with van der Waals surface area (Å²) in [7, 11) is 1.32. The predicted molar refractivity (Wildman–Crippen MR) is 213 cm³/mol. The number of carbonyl (C=O) groups excluding carboxylic acids is 1. The molecule has 0 aliphatic rings. The van der Waals surface area contributed by atoms with Crippen LogP contribution >= 0.6 is 7.82 Å². The van der Waals surface area contributed by atoms with Crippen LogP contribution in [0.25, 0.3) is 0 Å². The Kier molecular flexibility index (Phi) is 35.0. The number of esters is 1. The van der Waals surface area contributed by atoms with E-state index in [0.717, 1.165) is 44.9 Å². The van der Waals surface area contributed by atoms with Crippen LogP contribution in [0.3, 0.4) is 0 Å². The Morgan fingerprint density at radius 2 is 1.04 bits per heavy atom. The van der Waals surface area contributed by atoms with Gasteiger partial charge in [-0.25, -0.2) is 0 Å². The molecule has 0 radical (unpaired) electrons. The van der Waals surface area contributed by atoms with Gasteiger partial charge < -0.3 is 27.9 Å². The van der Waals surface area contributed by atoms with Gasteiger partial charge in [-0.1, -0.05) is 148 Å². The molecule has 9 heteroatoms. The van der Waals surface area contributed by atoms with Gasteiger partial charge in [0.05, 0.1) is 34.0 Å². The summed E-state index contributed by atoms with van der Waals surface area (Å²) in [5, 5.41) is 0. The minimum absolute atomic E-state index is 0.0164. The minimum atomic E-state index is -4.54. The van der Waals surface area contributed by atoms with Crippen LogP contribution < -0.4 is 4.89 Å². The number of unbranched alkanes of at least 4 members (excludes halogenated alkanes) is 23. The first-order valence-electron chi connectivity index (χ1n) is 21.1. The highest BCUT2D eigenvalue weighted by atomic mass is 31.2. The first-order chi connectivity index (χ1) is 24.6. The van der Waals surface area contributed by atoms with Gasteiger partial charge in [0.1, 0.15) is 19.8 Å². The highest BCUT2D eigenvalue weighted by molar-refractivity contribution is 7.45. The molecule has 0 aromatic heterocycles. The Hall–Kier alpha value is -1.18. The van der Waals surface area contributed by atoms with Crippen molar-refractivity contribution in [2.24, 2.45) is 0 Å². The number of phosphoric acid groups is 1. The van der Waals surface area contributed by atoms with Gasteiger partial charge in [0, 0.05) is 6.42 Å². The molecule has 0 aliphatic carbocycles. The molecule has 8 nitrogen and oxygen atoms in total. The molecule has 2 atom stereocenters. The van der Waals surface area contributed by atoms with Gasteiger partial charge in [-0.15, -0.1) is 0 Å². The highest BCUT2D eigenvalue weighted by Gasteiger charge is 2.20. The maximum absolute atomic E-state index is 12.6. The van der Waals surface area contributed by atoms with E-state index in [0.29, 0.717) is 17.4 Å². The first kappa shape index (κ1) is 49.8. The molecule has 0 amide bonds. The van der Waals surface area contributed by atoms with Crippen LogP contribution in [-0.4, -0.2) is 64.1 Å². The number of allylic oxidation sites excluding steroid dienone is 3. The molecule has 0 fully saturated rings. The Bertz CT molecular complexity index is 874. The zero-order valence-electron chi connectivity index (χ0n) is 34.1. The number of ether oxygens (including phenoxy) is 2. The van der Waals surface area contributed by atoms with Crippen molar-refractivity contribution in [3.05, 3.63) is 24.5 Å². The van der Waals surface area contributed by atoms with Crippen LogP contribution in [0.15, 0.2) is 24.5 Å². The Balaban J connectivity index is 4.32. The zero-order chi connectivity index (χ0) is 37.7. The number of hydrogen-bond donors (Lipinski definition) is 0. The molecule has 0 N–H and O–H groups in total. The third-order valence-corrected chi connectivity index (χ3v) is 10.0. The second kappa shape index (κ2) is 35.8. The van der Waals surface area contributed by atoms with E-state index in [4.69, 9.17) is 18.5 Å². The zero-order valence-corrected chi connectivity index (χ0v) is 35.0. The third kappa shape index (κ3) is 39.9. The first-order valence-corrected chi connectivity index (χ1v) is 22.6. The normalized spacial score (nSPS) is 14.0. The van der Waals surface area contributed by atoms with Crippen LogP contribution in [0.1, 0.15) is 187 Å². The molecule has 0 bridgehead atoms. The van der Waals surface area contributed by atoms with E-state index < -0.39 is 13.9 Å². The Morgan fingerprint density at radius 1 is 0.608 bits per heavy atom. The maximum atomic E-state index is 12.6. The van der Waals surface area contributed by atoms with Crippen molar-refractivity contribution < 1.29 is 37.3 Å². The van der Waals surface area contributed by atoms with Crippen molar-refractivity contribution in [2.45, 2.75) is 193 Å². The molecule has 51 heavy (non-hydrogen) atoms. The number of hydrogen-bond acceptors (Lipinski definition) is 7. The van der Waals surface area contributed by atoms with E-state index in [1.54, 1.807) is 6.26 Å². The fourth-order valence-electron chi connectivity index (χ4n) is 5.74. The van der Waals surface area contributed by atoms with Crippen LogP contribution in [0.4, 0.5) is 0 Å². The summed E-state index contributed by atoms with van der Waals surface area (Å²) in [4.78, 5) is 25.0. The smallest absolute Gasteiger partial charge is 0.306 e. The number of phosphoric ester groups is 1. The van der Waals surface area contributed by atoms with Gasteiger partial charge in [-0.3, -0.25) is 9.36 Å². The van der Waals surface area contributed by atoms with Crippen molar-refractivity contribution in [3.63, 3.8) is 0 Å². The Labute approximate surface area is 315 Å². The van der Waals surface area contributed by atoms with E-state index in [-0.39, 0.29) is 25.8 Å². The molecular weight excluding hydrogens is 661 g/mol. The summed E-state index contributed by atoms with van der Waals surface area (Å²) in [6.07, 6.45) is 39.9. The molecule has 0 aliphatic heterocycles. The molecule has 302 valence electrons. The Morgan fingerprint density at radius 3 is 1.51 bits per heavy atom. The lowest BCUT2D eigenvalue weighted by atomic mass is 10.0. The van der Waals surface area contributed by atoms with Crippen molar-refractivity contribution >= 4 is 13.8 Å². The lowest BCUT2D eigenvalue weighted by Gasteiger charge is -2.28. The fourth-order valence-corrected chi connectivity index (χ4v) is 6.47. The maximum Gasteiger partial charge on any atom is 0.306 e. The van der Waals surface area contributed by atoms with E-state index in [1.165, 1.54) is 122 Å². The topological polar surface area (TPSA) is 94.1 Å². The molecular formula is C42H82NO7P. The largest absolute Gasteiger partial charge is 0.756 e. The van der Waals surface area contributed by atoms with E-state index in [1.807, 2.05) is 27.2 Å². The quantitative estimate of drug-likeness (QED) is 0.0154. The summed E-state index contributed by atoms with van der Waals surface area (Å²) in [5.41, 5.74) is 0. The molecule has 0 aromatic rings. The van der Waals surface area contributed by atoms with Gasteiger partial charge in [-0.2, -0.15) is 0 Å². The predicted octanol–water partition coefficient (Wildman–Crippen LogP) is 11.8. The average Bonchev–Trinajstić information content (AvgIpc) is 3.08. The van der Waals surface area contributed by atoms with E-state index in [2.05, 4.69) is 26.0 Å². The molecule has 2 unspecified atom stereocenters. The second-order valence-electron chi connectivity index (χ2n) is 15.4. The van der Waals surface area contributed by atoms with Crippen LogP contribution in [0, 0.1) is 0 Å². The number of rotatable bonds is 39. The molecule has 0 rings (SSSR count). The van der Waals surface area contributed by atoms with E-state index in [9.17, 15) is 14.3 Å². The second-order valence-corrected chi connectivity index (χ2v) is 16.8. The van der Waals surface area contributed by atoms with Gasteiger partial charge in [-0.05, 0) is 51.0 Å². The fraction of sp³-hybridized carbons (Fsp3) is 0.881. The molecule has 0 heterocycles. The van der Waals surface area contributed by atoms with Gasteiger partial charge >= 0.3 is 5.97 Å². The summed E-state index contributed by atoms with van der Waals surface area (Å²) >= 11 is 0. The number of nitrogens with zero attached hydrogens (tertiary/aromatic N) is 1. The van der Waals surface area contributed by atoms with Crippen molar-refractivity contribution in [2.75, 3.05) is 47.5 Å². The summed E-state index contributed by atoms with van der Waals surface area (Å²) < 4.78 is 34.3. The average molecular weight is 744 g/mol. The van der Waals surface area contributed by atoms with Crippen LogP contribution in [0.5, 0.6) is 0 Å². The number of carbonyl (C=O) groups is 1. The third-order valence-electron chi connectivity index (χ3n) is 9.07. The van der Waals surface area contributed by atoms with Gasteiger partial charge in [0.2, 0.25) is 0 Å².